The van der Waals surface area contributed by atoms with Gasteiger partial charge in [0.25, 0.3) is 5.91 Å². The van der Waals surface area contributed by atoms with E-state index in [0.717, 1.165) is 12.8 Å². The number of nitrogens with one attached hydrogen (secondary N) is 1. The zero-order valence-corrected chi connectivity index (χ0v) is 8.37. The highest BCUT2D eigenvalue weighted by atomic mass is 16.5. The van der Waals surface area contributed by atoms with E-state index in [0.29, 0.717) is 17.2 Å². The lowest BCUT2D eigenvalue weighted by molar-refractivity contribution is -0.125. The van der Waals surface area contributed by atoms with Crippen molar-refractivity contribution in [2.24, 2.45) is 0 Å². The number of carbonyl (C=O) groups is 1. The third-order valence-electron chi connectivity index (χ3n) is 2.87. The van der Waals surface area contributed by atoms with E-state index in [9.17, 15) is 4.79 Å². The highest BCUT2D eigenvalue weighted by Crippen LogP contribution is 2.49. The van der Waals surface area contributed by atoms with Crippen LogP contribution in [0.25, 0.3) is 0 Å². The predicted molar refractivity (Wildman–Crippen MR) is 54.2 cm³/mol. The van der Waals surface area contributed by atoms with Crippen LogP contribution in [0.3, 0.4) is 0 Å². The summed E-state index contributed by atoms with van der Waals surface area (Å²) >= 11 is 0. The van der Waals surface area contributed by atoms with E-state index in [-0.39, 0.29) is 5.91 Å². The van der Waals surface area contributed by atoms with Crippen LogP contribution in [-0.2, 0) is 4.79 Å². The van der Waals surface area contributed by atoms with E-state index in [1.165, 1.54) is 0 Å². The molecule has 0 unspecified atom stereocenters. The van der Waals surface area contributed by atoms with Crippen LogP contribution in [0.2, 0.25) is 0 Å². The van der Waals surface area contributed by atoms with Crippen molar-refractivity contribution in [3.05, 3.63) is 18.2 Å². The Kier molecular flexibility index (Phi) is 1.52. The van der Waals surface area contributed by atoms with Crippen LogP contribution in [0.1, 0.15) is 12.8 Å². The quantitative estimate of drug-likeness (QED) is 0.756. The molecular weight excluding hydrogens is 194 g/mol. The van der Waals surface area contributed by atoms with E-state index in [4.69, 9.17) is 9.47 Å². The van der Waals surface area contributed by atoms with Gasteiger partial charge in [0.15, 0.2) is 5.60 Å². The Bertz CT molecular complexity index is 437. The van der Waals surface area contributed by atoms with Crippen molar-refractivity contribution >= 4 is 11.6 Å². The minimum atomic E-state index is -0.584. The first kappa shape index (κ1) is 8.59. The highest BCUT2D eigenvalue weighted by molar-refractivity contribution is 6.03. The molecule has 1 aliphatic carbocycles. The van der Waals surface area contributed by atoms with Crippen LogP contribution in [0.15, 0.2) is 18.2 Å². The molecule has 4 heteroatoms. The summed E-state index contributed by atoms with van der Waals surface area (Å²) in [6.07, 6.45) is 1.60. The Morgan fingerprint density at radius 3 is 2.93 bits per heavy atom. The van der Waals surface area contributed by atoms with Crippen molar-refractivity contribution in [3.63, 3.8) is 0 Å². The van der Waals surface area contributed by atoms with Crippen LogP contribution in [-0.4, -0.2) is 18.6 Å². The Hall–Kier alpha value is -1.71. The summed E-state index contributed by atoms with van der Waals surface area (Å²) in [7, 11) is 1.57. The number of para-hydroxylation sites is 1. The zero-order chi connectivity index (χ0) is 10.5. The van der Waals surface area contributed by atoms with Gasteiger partial charge >= 0.3 is 0 Å². The Morgan fingerprint density at radius 1 is 1.47 bits per heavy atom. The number of benzene rings is 1. The maximum Gasteiger partial charge on any atom is 0.268 e. The second-order valence-corrected chi connectivity index (χ2v) is 3.88. The molecule has 15 heavy (non-hydrogen) atoms. The lowest BCUT2D eigenvalue weighted by Crippen LogP contribution is -2.39. The van der Waals surface area contributed by atoms with Gasteiger partial charge in [0, 0.05) is 12.8 Å². The van der Waals surface area contributed by atoms with Crippen LogP contribution in [0.4, 0.5) is 5.69 Å². The lowest BCUT2D eigenvalue weighted by Gasteiger charge is -2.26. The molecule has 78 valence electrons. The molecule has 1 aromatic rings. The van der Waals surface area contributed by atoms with Crippen LogP contribution >= 0.6 is 0 Å². The van der Waals surface area contributed by atoms with Crippen molar-refractivity contribution < 1.29 is 14.3 Å². The van der Waals surface area contributed by atoms with Gasteiger partial charge in [-0.2, -0.15) is 0 Å². The number of hydrogen-bond donors (Lipinski definition) is 1. The third-order valence-corrected chi connectivity index (χ3v) is 2.87. The number of hydrogen-bond acceptors (Lipinski definition) is 3. The van der Waals surface area contributed by atoms with Crippen molar-refractivity contribution in [1.29, 1.82) is 0 Å². The van der Waals surface area contributed by atoms with Crippen molar-refractivity contribution in [1.82, 2.24) is 0 Å². The number of methoxy groups -OCH3 is 1. The monoisotopic (exact) mass is 205 g/mol. The molecule has 0 atom stereocenters. The predicted octanol–water partition coefficient (Wildman–Crippen LogP) is 1.56. The van der Waals surface area contributed by atoms with Crippen LogP contribution in [0, 0.1) is 0 Å². The molecule has 1 aromatic carbocycles. The van der Waals surface area contributed by atoms with Crippen molar-refractivity contribution in [3.8, 4) is 11.5 Å². The number of amides is 1. The van der Waals surface area contributed by atoms with Crippen molar-refractivity contribution in [2.75, 3.05) is 12.4 Å². The van der Waals surface area contributed by atoms with E-state index in [1.807, 2.05) is 12.1 Å². The normalized spacial score (nSPS) is 20.2. The van der Waals surface area contributed by atoms with Crippen LogP contribution in [0.5, 0.6) is 11.5 Å². The second-order valence-electron chi connectivity index (χ2n) is 3.88. The summed E-state index contributed by atoms with van der Waals surface area (Å²) in [6, 6.07) is 5.50. The topological polar surface area (TPSA) is 47.6 Å². The standard InChI is InChI=1S/C11H11NO3/c1-14-7-3-2-4-8-9(7)12-10(13)11(15-8)5-6-11/h2-4H,5-6H2,1H3,(H,12,13). The molecule has 0 radical (unpaired) electrons. The lowest BCUT2D eigenvalue weighted by atomic mass is 10.2. The molecule has 1 aliphatic heterocycles. The maximum atomic E-state index is 11.7. The molecule has 1 N–H and O–H groups in total. The zero-order valence-electron chi connectivity index (χ0n) is 8.37. The van der Waals surface area contributed by atoms with E-state index >= 15 is 0 Å². The Balaban J connectivity index is 2.08. The Labute approximate surface area is 87.2 Å². The summed E-state index contributed by atoms with van der Waals surface area (Å²) in [4.78, 5) is 11.7. The molecule has 1 spiro atoms. The van der Waals surface area contributed by atoms with Crippen molar-refractivity contribution in [2.45, 2.75) is 18.4 Å². The number of anilines is 1. The van der Waals surface area contributed by atoms with Crippen LogP contribution < -0.4 is 14.8 Å². The maximum absolute atomic E-state index is 11.7. The second kappa shape index (κ2) is 2.66. The molecule has 1 fully saturated rings. The molecule has 0 aromatic heterocycles. The number of rotatable bonds is 1. The largest absolute Gasteiger partial charge is 0.494 e. The minimum Gasteiger partial charge on any atom is -0.494 e. The number of ether oxygens (including phenoxy) is 2. The van der Waals surface area contributed by atoms with Gasteiger partial charge in [0.05, 0.1) is 7.11 Å². The molecule has 0 saturated heterocycles. The summed E-state index contributed by atoms with van der Waals surface area (Å²) in [5.41, 5.74) is 0.0573. The van der Waals surface area contributed by atoms with Gasteiger partial charge in [-0.05, 0) is 12.1 Å². The molecule has 1 amide bonds. The summed E-state index contributed by atoms with van der Waals surface area (Å²) < 4.78 is 10.8. The number of carbonyl (C=O) groups excluding carboxylic acids is 1. The average molecular weight is 205 g/mol. The molecule has 1 saturated carbocycles. The van der Waals surface area contributed by atoms with Gasteiger partial charge in [-0.25, -0.2) is 0 Å². The van der Waals surface area contributed by atoms with Gasteiger partial charge in [-0.1, -0.05) is 6.07 Å². The fourth-order valence-corrected chi connectivity index (χ4v) is 1.82. The first-order chi connectivity index (χ1) is 7.25. The molecule has 3 rings (SSSR count). The SMILES string of the molecule is COc1cccc2c1NC(=O)C1(CC1)O2. The average Bonchev–Trinajstić information content (AvgIpc) is 3.00. The van der Waals surface area contributed by atoms with E-state index in [1.54, 1.807) is 13.2 Å². The summed E-state index contributed by atoms with van der Waals surface area (Å²) in [5, 5.41) is 2.84. The fraction of sp³-hybridized carbons (Fsp3) is 0.364. The smallest absolute Gasteiger partial charge is 0.268 e. The summed E-state index contributed by atoms with van der Waals surface area (Å²) in [6.45, 7) is 0. The van der Waals surface area contributed by atoms with Gasteiger partial charge < -0.3 is 14.8 Å². The van der Waals surface area contributed by atoms with E-state index < -0.39 is 5.60 Å². The van der Waals surface area contributed by atoms with Gasteiger partial charge in [0.1, 0.15) is 17.2 Å². The van der Waals surface area contributed by atoms with Gasteiger partial charge in [0.2, 0.25) is 0 Å². The number of fused-ring (bicyclic) bond motifs is 1. The fourth-order valence-electron chi connectivity index (χ4n) is 1.82. The van der Waals surface area contributed by atoms with E-state index in [2.05, 4.69) is 5.32 Å². The highest BCUT2D eigenvalue weighted by Gasteiger charge is 2.55. The third kappa shape index (κ3) is 1.11. The molecule has 0 bridgehead atoms. The minimum absolute atomic E-state index is 0.0560. The molecule has 4 nitrogen and oxygen atoms in total. The molecular formula is C11H11NO3. The molecule has 2 aliphatic rings. The Morgan fingerprint density at radius 2 is 2.27 bits per heavy atom. The summed E-state index contributed by atoms with van der Waals surface area (Å²) in [5.74, 6) is 1.28. The first-order valence-corrected chi connectivity index (χ1v) is 4.93. The van der Waals surface area contributed by atoms with Gasteiger partial charge in [-0.3, -0.25) is 4.79 Å². The first-order valence-electron chi connectivity index (χ1n) is 4.93. The van der Waals surface area contributed by atoms with Gasteiger partial charge in [-0.15, -0.1) is 0 Å². The molecule has 1 heterocycles.